The SMILES string of the molecule is CSNc1cccc(F)c1. The van der Waals surface area contributed by atoms with Gasteiger partial charge in [0.05, 0.1) is 0 Å². The summed E-state index contributed by atoms with van der Waals surface area (Å²) in [5.74, 6) is -0.209. The molecule has 0 bridgehead atoms. The van der Waals surface area contributed by atoms with Crippen molar-refractivity contribution in [3.63, 3.8) is 0 Å². The van der Waals surface area contributed by atoms with Crippen molar-refractivity contribution in [2.45, 2.75) is 0 Å². The lowest BCUT2D eigenvalue weighted by Gasteiger charge is -1.99. The summed E-state index contributed by atoms with van der Waals surface area (Å²) in [5.41, 5.74) is 0.799. The van der Waals surface area contributed by atoms with Crippen molar-refractivity contribution in [3.8, 4) is 0 Å². The third-order valence-corrected chi connectivity index (χ3v) is 1.48. The second kappa shape index (κ2) is 3.46. The molecular formula is C7H8FNS. The van der Waals surface area contributed by atoms with Crippen LogP contribution >= 0.6 is 11.9 Å². The summed E-state index contributed by atoms with van der Waals surface area (Å²) in [4.78, 5) is 0. The predicted molar refractivity (Wildman–Crippen MR) is 43.5 cm³/mol. The van der Waals surface area contributed by atoms with E-state index in [1.807, 2.05) is 12.3 Å². The zero-order chi connectivity index (χ0) is 7.40. The first kappa shape index (κ1) is 7.41. The highest BCUT2D eigenvalue weighted by Gasteiger charge is 1.90. The zero-order valence-electron chi connectivity index (χ0n) is 5.60. The number of hydrogen-bond acceptors (Lipinski definition) is 2. The van der Waals surface area contributed by atoms with Gasteiger partial charge < -0.3 is 4.72 Å². The highest BCUT2D eigenvalue weighted by molar-refractivity contribution is 7.99. The Labute approximate surface area is 63.8 Å². The van der Waals surface area contributed by atoms with Gasteiger partial charge in [0.2, 0.25) is 0 Å². The summed E-state index contributed by atoms with van der Waals surface area (Å²) in [5, 5.41) is 0. The van der Waals surface area contributed by atoms with E-state index in [1.54, 1.807) is 6.07 Å². The van der Waals surface area contributed by atoms with Gasteiger partial charge >= 0.3 is 0 Å². The van der Waals surface area contributed by atoms with E-state index in [-0.39, 0.29) is 5.82 Å². The summed E-state index contributed by atoms with van der Waals surface area (Å²) < 4.78 is 15.4. The molecule has 0 spiro atoms. The fourth-order valence-electron chi connectivity index (χ4n) is 0.670. The molecule has 0 aliphatic rings. The van der Waals surface area contributed by atoms with Crippen LogP contribution in [0.1, 0.15) is 0 Å². The molecule has 0 aliphatic heterocycles. The van der Waals surface area contributed by atoms with Gasteiger partial charge in [0.25, 0.3) is 0 Å². The van der Waals surface area contributed by atoms with Crippen molar-refractivity contribution < 1.29 is 4.39 Å². The predicted octanol–water partition coefficient (Wildman–Crippen LogP) is 2.52. The van der Waals surface area contributed by atoms with Gasteiger partial charge in [0.1, 0.15) is 5.82 Å². The zero-order valence-corrected chi connectivity index (χ0v) is 6.41. The smallest absolute Gasteiger partial charge is 0.125 e. The van der Waals surface area contributed by atoms with Gasteiger partial charge in [-0.15, -0.1) is 0 Å². The van der Waals surface area contributed by atoms with Crippen molar-refractivity contribution in [1.29, 1.82) is 0 Å². The minimum atomic E-state index is -0.209. The van der Waals surface area contributed by atoms with E-state index >= 15 is 0 Å². The van der Waals surface area contributed by atoms with Gasteiger partial charge in [-0.3, -0.25) is 0 Å². The summed E-state index contributed by atoms with van der Waals surface area (Å²) in [6.45, 7) is 0. The Bertz CT molecular complexity index is 215. The normalized spacial score (nSPS) is 9.40. The van der Waals surface area contributed by atoms with Gasteiger partial charge in [-0.05, 0) is 18.2 Å². The maximum atomic E-state index is 12.4. The lowest BCUT2D eigenvalue weighted by atomic mass is 10.3. The molecule has 1 aromatic rings. The van der Waals surface area contributed by atoms with Gasteiger partial charge in [-0.1, -0.05) is 18.0 Å². The Morgan fingerprint density at radius 2 is 2.30 bits per heavy atom. The lowest BCUT2D eigenvalue weighted by molar-refractivity contribution is 0.628. The topological polar surface area (TPSA) is 12.0 Å². The standard InChI is InChI=1S/C7H8FNS/c1-10-9-7-4-2-3-6(8)5-7/h2-5,9H,1H3. The van der Waals surface area contributed by atoms with Crippen molar-refractivity contribution >= 4 is 17.6 Å². The van der Waals surface area contributed by atoms with E-state index in [0.717, 1.165) is 5.69 Å². The summed E-state index contributed by atoms with van der Waals surface area (Å²) in [6, 6.07) is 6.37. The largest absolute Gasteiger partial charge is 0.330 e. The number of anilines is 1. The fourth-order valence-corrected chi connectivity index (χ4v) is 1.03. The summed E-state index contributed by atoms with van der Waals surface area (Å²) in [6.07, 6.45) is 1.89. The molecule has 0 heterocycles. The highest BCUT2D eigenvalue weighted by Crippen LogP contribution is 2.11. The van der Waals surface area contributed by atoms with Gasteiger partial charge in [0, 0.05) is 11.9 Å². The monoisotopic (exact) mass is 157 g/mol. The third kappa shape index (κ3) is 1.92. The summed E-state index contributed by atoms with van der Waals surface area (Å²) >= 11 is 1.45. The van der Waals surface area contributed by atoms with Crippen LogP contribution in [0.15, 0.2) is 24.3 Å². The van der Waals surface area contributed by atoms with Crippen molar-refractivity contribution in [3.05, 3.63) is 30.1 Å². The number of halogens is 1. The molecule has 0 aliphatic carbocycles. The Balaban J connectivity index is 2.75. The van der Waals surface area contributed by atoms with Crippen LogP contribution in [-0.4, -0.2) is 6.26 Å². The third-order valence-electron chi connectivity index (χ3n) is 1.04. The first-order valence-corrected chi connectivity index (χ1v) is 4.10. The van der Waals surface area contributed by atoms with Gasteiger partial charge in [-0.2, -0.15) is 0 Å². The van der Waals surface area contributed by atoms with Crippen LogP contribution in [-0.2, 0) is 0 Å². The van der Waals surface area contributed by atoms with E-state index in [9.17, 15) is 4.39 Å². The van der Waals surface area contributed by atoms with E-state index in [0.29, 0.717) is 0 Å². The molecule has 0 atom stereocenters. The first-order chi connectivity index (χ1) is 4.83. The van der Waals surface area contributed by atoms with Crippen LogP contribution in [0.4, 0.5) is 10.1 Å². The Hall–Kier alpha value is -0.700. The second-order valence-electron chi connectivity index (χ2n) is 1.82. The van der Waals surface area contributed by atoms with E-state index in [4.69, 9.17) is 0 Å². The molecule has 0 saturated carbocycles. The molecule has 1 nitrogen and oxygen atoms in total. The molecular weight excluding hydrogens is 149 g/mol. The van der Waals surface area contributed by atoms with E-state index in [2.05, 4.69) is 4.72 Å². The molecule has 3 heteroatoms. The van der Waals surface area contributed by atoms with Gasteiger partial charge in [0.15, 0.2) is 0 Å². The molecule has 1 N–H and O–H groups in total. The van der Waals surface area contributed by atoms with E-state index in [1.165, 1.54) is 24.1 Å². The molecule has 0 saturated heterocycles. The molecule has 0 aromatic heterocycles. The second-order valence-corrected chi connectivity index (χ2v) is 2.43. The Morgan fingerprint density at radius 3 is 2.90 bits per heavy atom. The van der Waals surface area contributed by atoms with Crippen LogP contribution in [0.2, 0.25) is 0 Å². The van der Waals surface area contributed by atoms with Crippen molar-refractivity contribution in [2.75, 3.05) is 11.0 Å². The van der Waals surface area contributed by atoms with Crippen LogP contribution in [0, 0.1) is 5.82 Å². The maximum absolute atomic E-state index is 12.4. The number of nitrogens with one attached hydrogen (secondary N) is 1. The van der Waals surface area contributed by atoms with E-state index < -0.39 is 0 Å². The molecule has 54 valence electrons. The molecule has 1 aromatic carbocycles. The minimum Gasteiger partial charge on any atom is -0.330 e. The van der Waals surface area contributed by atoms with Gasteiger partial charge in [-0.25, -0.2) is 4.39 Å². The van der Waals surface area contributed by atoms with Crippen molar-refractivity contribution in [1.82, 2.24) is 0 Å². The molecule has 0 unspecified atom stereocenters. The van der Waals surface area contributed by atoms with Crippen LogP contribution in [0.3, 0.4) is 0 Å². The molecule has 0 amide bonds. The lowest BCUT2D eigenvalue weighted by Crippen LogP contribution is -1.84. The highest BCUT2D eigenvalue weighted by atomic mass is 32.2. The Kier molecular flexibility index (Phi) is 2.57. The number of rotatable bonds is 2. The van der Waals surface area contributed by atoms with Crippen LogP contribution in [0.25, 0.3) is 0 Å². The number of benzene rings is 1. The Morgan fingerprint density at radius 1 is 1.50 bits per heavy atom. The number of hydrogen-bond donors (Lipinski definition) is 1. The average Bonchev–Trinajstić information content (AvgIpc) is 1.88. The first-order valence-electron chi connectivity index (χ1n) is 2.87. The fraction of sp³-hybridized carbons (Fsp3) is 0.143. The summed E-state index contributed by atoms with van der Waals surface area (Å²) in [7, 11) is 0. The van der Waals surface area contributed by atoms with Crippen LogP contribution < -0.4 is 4.72 Å². The maximum Gasteiger partial charge on any atom is 0.125 e. The quantitative estimate of drug-likeness (QED) is 0.662. The molecule has 0 fully saturated rings. The average molecular weight is 157 g/mol. The molecule has 1 rings (SSSR count). The van der Waals surface area contributed by atoms with Crippen LogP contribution in [0.5, 0.6) is 0 Å². The van der Waals surface area contributed by atoms with Crippen molar-refractivity contribution in [2.24, 2.45) is 0 Å². The molecule has 10 heavy (non-hydrogen) atoms. The minimum absolute atomic E-state index is 0.209. The molecule has 0 radical (unpaired) electrons.